The first-order valence-electron chi connectivity index (χ1n) is 10.2. The van der Waals surface area contributed by atoms with Crippen molar-refractivity contribution < 1.29 is 13.2 Å². The van der Waals surface area contributed by atoms with E-state index in [9.17, 15) is 13.2 Å². The van der Waals surface area contributed by atoms with Crippen LogP contribution in [0.3, 0.4) is 0 Å². The van der Waals surface area contributed by atoms with Crippen LogP contribution in [0, 0.1) is 19.8 Å². The lowest BCUT2D eigenvalue weighted by atomic mass is 9.92. The Morgan fingerprint density at radius 3 is 2.19 bits per heavy atom. The molecule has 0 unspecified atom stereocenters. The standard InChI is InChI=1S/C25H28N2O3S/c1-17(2)24(23-11-6-5-8-19(23)4)26-25(28)20-9-7-10-22(16-20)31(29,30)27-21-14-12-18(3)13-15-21/h5-17,24,27H,1-4H3,(H,26,28)/t24-/m0/s1. The van der Waals surface area contributed by atoms with Crippen molar-refractivity contribution in [2.75, 3.05) is 4.72 Å². The molecule has 0 fully saturated rings. The number of carbonyl (C=O) groups excluding carboxylic acids is 1. The third-order valence-corrected chi connectivity index (χ3v) is 6.57. The maximum Gasteiger partial charge on any atom is 0.261 e. The van der Waals surface area contributed by atoms with Gasteiger partial charge in [0.2, 0.25) is 0 Å². The maximum atomic E-state index is 13.0. The molecule has 3 rings (SSSR count). The zero-order chi connectivity index (χ0) is 22.6. The van der Waals surface area contributed by atoms with Gasteiger partial charge in [0.25, 0.3) is 15.9 Å². The number of carbonyl (C=O) groups is 1. The maximum absolute atomic E-state index is 13.0. The normalized spacial score (nSPS) is 12.4. The zero-order valence-corrected chi connectivity index (χ0v) is 19.0. The molecule has 1 atom stereocenters. The van der Waals surface area contributed by atoms with Crippen molar-refractivity contribution in [2.45, 2.75) is 38.6 Å². The van der Waals surface area contributed by atoms with Crippen LogP contribution in [0.5, 0.6) is 0 Å². The van der Waals surface area contributed by atoms with Crippen LogP contribution in [0.25, 0.3) is 0 Å². The highest BCUT2D eigenvalue weighted by atomic mass is 32.2. The van der Waals surface area contributed by atoms with Gasteiger partial charge in [-0.1, -0.05) is 61.9 Å². The second kappa shape index (κ2) is 9.35. The minimum Gasteiger partial charge on any atom is -0.345 e. The van der Waals surface area contributed by atoms with E-state index in [0.717, 1.165) is 16.7 Å². The van der Waals surface area contributed by atoms with E-state index in [1.807, 2.05) is 64.1 Å². The molecule has 0 heterocycles. The lowest BCUT2D eigenvalue weighted by Crippen LogP contribution is -2.32. The molecular weight excluding hydrogens is 408 g/mol. The Balaban J connectivity index is 1.83. The number of nitrogens with one attached hydrogen (secondary N) is 2. The number of hydrogen-bond acceptors (Lipinski definition) is 3. The minimum absolute atomic E-state index is 0.0395. The van der Waals surface area contributed by atoms with Crippen LogP contribution in [0.2, 0.25) is 0 Å². The Bertz CT molecular complexity index is 1170. The number of sulfonamides is 1. The number of rotatable bonds is 7. The van der Waals surface area contributed by atoms with Crippen molar-refractivity contribution in [1.82, 2.24) is 5.32 Å². The molecule has 6 heteroatoms. The van der Waals surface area contributed by atoms with Gasteiger partial charge in [-0.25, -0.2) is 8.42 Å². The Hall–Kier alpha value is -3.12. The van der Waals surface area contributed by atoms with Crippen molar-refractivity contribution in [3.8, 4) is 0 Å². The van der Waals surface area contributed by atoms with E-state index in [0.29, 0.717) is 11.3 Å². The molecule has 3 aromatic rings. The molecule has 162 valence electrons. The monoisotopic (exact) mass is 436 g/mol. The van der Waals surface area contributed by atoms with Gasteiger partial charge in [0.05, 0.1) is 10.9 Å². The number of benzene rings is 3. The van der Waals surface area contributed by atoms with E-state index in [1.165, 1.54) is 12.1 Å². The minimum atomic E-state index is -3.82. The first-order valence-corrected chi connectivity index (χ1v) is 11.7. The van der Waals surface area contributed by atoms with Gasteiger partial charge in [-0.3, -0.25) is 9.52 Å². The Kier molecular flexibility index (Phi) is 6.81. The number of hydrogen-bond donors (Lipinski definition) is 2. The van der Waals surface area contributed by atoms with Crippen molar-refractivity contribution >= 4 is 21.6 Å². The molecule has 0 spiro atoms. The summed E-state index contributed by atoms with van der Waals surface area (Å²) >= 11 is 0. The first kappa shape index (κ1) is 22.6. The van der Waals surface area contributed by atoms with E-state index in [2.05, 4.69) is 10.0 Å². The van der Waals surface area contributed by atoms with Crippen molar-refractivity contribution in [3.05, 3.63) is 95.1 Å². The van der Waals surface area contributed by atoms with Gasteiger partial charge in [0.15, 0.2) is 0 Å². The summed E-state index contributed by atoms with van der Waals surface area (Å²) in [6, 6.07) is 20.9. The molecule has 3 aromatic carbocycles. The first-order chi connectivity index (χ1) is 14.7. The molecule has 0 saturated heterocycles. The molecule has 0 aliphatic rings. The topological polar surface area (TPSA) is 75.3 Å². The van der Waals surface area contributed by atoms with Crippen LogP contribution in [0.1, 0.15) is 46.9 Å². The molecule has 0 aliphatic heterocycles. The fraction of sp³-hybridized carbons (Fsp3) is 0.240. The third kappa shape index (κ3) is 5.52. The predicted octanol–water partition coefficient (Wildman–Crippen LogP) is 5.23. The van der Waals surface area contributed by atoms with Gasteiger partial charge >= 0.3 is 0 Å². The van der Waals surface area contributed by atoms with Crippen LogP contribution in [-0.2, 0) is 10.0 Å². The molecular formula is C25H28N2O3S. The molecule has 1 amide bonds. The van der Waals surface area contributed by atoms with Gasteiger partial charge in [-0.2, -0.15) is 0 Å². The Morgan fingerprint density at radius 2 is 1.55 bits per heavy atom. The predicted molar refractivity (Wildman–Crippen MR) is 125 cm³/mol. The number of anilines is 1. The van der Waals surface area contributed by atoms with Crippen LogP contribution < -0.4 is 10.0 Å². The van der Waals surface area contributed by atoms with E-state index in [-0.39, 0.29) is 22.8 Å². The highest BCUT2D eigenvalue weighted by Gasteiger charge is 2.22. The number of aryl methyl sites for hydroxylation is 2. The van der Waals surface area contributed by atoms with E-state index in [4.69, 9.17) is 0 Å². The second-order valence-corrected chi connectivity index (χ2v) is 9.73. The number of amides is 1. The van der Waals surface area contributed by atoms with Gasteiger partial charge < -0.3 is 5.32 Å². The average Bonchev–Trinajstić information content (AvgIpc) is 2.74. The summed E-state index contributed by atoms with van der Waals surface area (Å²) in [7, 11) is -3.82. The summed E-state index contributed by atoms with van der Waals surface area (Å²) in [5.41, 5.74) is 3.96. The van der Waals surface area contributed by atoms with E-state index >= 15 is 0 Å². The summed E-state index contributed by atoms with van der Waals surface area (Å²) in [5, 5.41) is 3.07. The van der Waals surface area contributed by atoms with E-state index < -0.39 is 10.0 Å². The third-order valence-electron chi connectivity index (χ3n) is 5.19. The van der Waals surface area contributed by atoms with Crippen LogP contribution in [0.4, 0.5) is 5.69 Å². The quantitative estimate of drug-likeness (QED) is 0.532. The fourth-order valence-electron chi connectivity index (χ4n) is 3.40. The Morgan fingerprint density at radius 1 is 0.871 bits per heavy atom. The van der Waals surface area contributed by atoms with Gasteiger partial charge in [0, 0.05) is 11.3 Å². The smallest absolute Gasteiger partial charge is 0.261 e. The van der Waals surface area contributed by atoms with Crippen molar-refractivity contribution in [1.29, 1.82) is 0 Å². The second-order valence-electron chi connectivity index (χ2n) is 8.05. The summed E-state index contributed by atoms with van der Waals surface area (Å²) < 4.78 is 28.2. The van der Waals surface area contributed by atoms with Gasteiger partial charge in [-0.05, 0) is 61.2 Å². The van der Waals surface area contributed by atoms with Crippen LogP contribution in [-0.4, -0.2) is 14.3 Å². The molecule has 0 aromatic heterocycles. The van der Waals surface area contributed by atoms with Gasteiger partial charge in [0.1, 0.15) is 0 Å². The summed E-state index contributed by atoms with van der Waals surface area (Å²) in [5.74, 6) is -0.144. The molecule has 5 nitrogen and oxygen atoms in total. The fourth-order valence-corrected chi connectivity index (χ4v) is 4.51. The largest absolute Gasteiger partial charge is 0.345 e. The molecule has 0 radical (unpaired) electrons. The van der Waals surface area contributed by atoms with Crippen LogP contribution in [0.15, 0.2) is 77.7 Å². The molecule has 2 N–H and O–H groups in total. The lowest BCUT2D eigenvalue weighted by molar-refractivity contribution is 0.0925. The SMILES string of the molecule is Cc1ccc(NS(=O)(=O)c2cccc(C(=O)N[C@H](c3ccccc3C)C(C)C)c2)cc1. The van der Waals surface area contributed by atoms with Gasteiger partial charge in [-0.15, -0.1) is 0 Å². The average molecular weight is 437 g/mol. The van der Waals surface area contributed by atoms with Crippen LogP contribution >= 0.6 is 0 Å². The highest BCUT2D eigenvalue weighted by Crippen LogP contribution is 2.25. The highest BCUT2D eigenvalue weighted by molar-refractivity contribution is 7.92. The summed E-state index contributed by atoms with van der Waals surface area (Å²) in [6.45, 7) is 8.04. The Labute approximate surface area is 184 Å². The molecule has 0 aliphatic carbocycles. The van der Waals surface area contributed by atoms with Crippen molar-refractivity contribution in [3.63, 3.8) is 0 Å². The zero-order valence-electron chi connectivity index (χ0n) is 18.2. The lowest BCUT2D eigenvalue weighted by Gasteiger charge is -2.24. The summed E-state index contributed by atoms with van der Waals surface area (Å²) in [4.78, 5) is 13.0. The van der Waals surface area contributed by atoms with Crippen molar-refractivity contribution in [2.24, 2.45) is 5.92 Å². The van der Waals surface area contributed by atoms with E-state index in [1.54, 1.807) is 24.3 Å². The molecule has 0 bridgehead atoms. The molecule has 31 heavy (non-hydrogen) atoms. The molecule has 0 saturated carbocycles. The summed E-state index contributed by atoms with van der Waals surface area (Å²) in [6.07, 6.45) is 0.